The molecule has 0 saturated heterocycles. The quantitative estimate of drug-likeness (QED) is 0.766. The van der Waals surface area contributed by atoms with Gasteiger partial charge >= 0.3 is 12.0 Å². The van der Waals surface area contributed by atoms with Gasteiger partial charge in [0.1, 0.15) is 0 Å². The minimum absolute atomic E-state index is 0.0988. The van der Waals surface area contributed by atoms with E-state index in [1.54, 1.807) is 23.5 Å². The van der Waals surface area contributed by atoms with Gasteiger partial charge in [-0.1, -0.05) is 0 Å². The number of carboxylic acid groups (broad SMARTS) is 1. The van der Waals surface area contributed by atoms with Gasteiger partial charge in [0.25, 0.3) is 0 Å². The van der Waals surface area contributed by atoms with Crippen molar-refractivity contribution in [1.82, 2.24) is 5.32 Å². The number of amides is 2. The van der Waals surface area contributed by atoms with Crippen LogP contribution in [-0.2, 0) is 6.54 Å². The van der Waals surface area contributed by atoms with Crippen molar-refractivity contribution >= 4 is 45.0 Å². The number of carboxylic acids is 1. The smallest absolute Gasteiger partial charge is 0.336 e. The van der Waals surface area contributed by atoms with Crippen LogP contribution in [-0.4, -0.2) is 17.1 Å². The number of aryl methyl sites for hydroxylation is 1. The van der Waals surface area contributed by atoms with Crippen LogP contribution < -0.4 is 10.6 Å². The summed E-state index contributed by atoms with van der Waals surface area (Å²) >= 11 is 4.77. The number of halogens is 1. The van der Waals surface area contributed by atoms with Gasteiger partial charge in [-0.3, -0.25) is 0 Å². The van der Waals surface area contributed by atoms with Crippen LogP contribution in [0.1, 0.15) is 20.1 Å². The van der Waals surface area contributed by atoms with Gasteiger partial charge in [0, 0.05) is 19.9 Å². The molecule has 3 N–H and O–H groups in total. The van der Waals surface area contributed by atoms with E-state index >= 15 is 0 Å². The summed E-state index contributed by atoms with van der Waals surface area (Å²) in [4.78, 5) is 25.0. The molecule has 2 rings (SSSR count). The third-order valence-corrected chi connectivity index (χ3v) is 4.37. The number of anilines is 1. The normalized spacial score (nSPS) is 10.2. The Hall–Kier alpha value is -1.86. The fourth-order valence-electron chi connectivity index (χ4n) is 1.69. The van der Waals surface area contributed by atoms with Crippen molar-refractivity contribution in [3.05, 3.63) is 50.1 Å². The van der Waals surface area contributed by atoms with Crippen LogP contribution in [0.15, 0.2) is 34.8 Å². The maximum atomic E-state index is 11.8. The van der Waals surface area contributed by atoms with Gasteiger partial charge in [0.2, 0.25) is 0 Å². The van der Waals surface area contributed by atoms with E-state index in [1.165, 1.54) is 10.9 Å². The first-order valence-corrected chi connectivity index (χ1v) is 7.69. The maximum Gasteiger partial charge on any atom is 0.336 e. The summed E-state index contributed by atoms with van der Waals surface area (Å²) in [5, 5.41) is 14.4. The molecular formula is C14H13BrN2O3S. The molecule has 0 aliphatic heterocycles. The lowest BCUT2D eigenvalue weighted by Crippen LogP contribution is -2.27. The second-order valence-corrected chi connectivity index (χ2v) is 6.55. The maximum absolute atomic E-state index is 11.8. The zero-order valence-corrected chi connectivity index (χ0v) is 13.5. The number of hydrogen-bond acceptors (Lipinski definition) is 3. The standard InChI is InChI=1S/C14H13BrN2O3S/c1-8-2-4-10(21-8)7-16-14(20)17-9-3-5-12(15)11(6-9)13(18)19/h2-6H,7H2,1H3,(H,18,19)(H2,16,17,20). The molecule has 0 saturated carbocycles. The average Bonchev–Trinajstić information content (AvgIpc) is 2.84. The molecule has 2 amide bonds. The van der Waals surface area contributed by atoms with Gasteiger partial charge in [-0.15, -0.1) is 11.3 Å². The number of thiophene rings is 1. The Morgan fingerprint density at radius 2 is 2.05 bits per heavy atom. The molecule has 1 aromatic heterocycles. The lowest BCUT2D eigenvalue weighted by atomic mass is 10.2. The van der Waals surface area contributed by atoms with Crippen molar-refractivity contribution in [2.45, 2.75) is 13.5 Å². The van der Waals surface area contributed by atoms with Crippen molar-refractivity contribution in [3.8, 4) is 0 Å². The number of urea groups is 1. The highest BCUT2D eigenvalue weighted by atomic mass is 79.9. The predicted octanol–water partition coefficient (Wildman–Crippen LogP) is 3.84. The number of carbonyl (C=O) groups excluding carboxylic acids is 1. The van der Waals surface area contributed by atoms with E-state index in [0.29, 0.717) is 16.7 Å². The van der Waals surface area contributed by atoms with E-state index in [0.717, 1.165) is 4.88 Å². The minimum atomic E-state index is -1.06. The molecule has 1 heterocycles. The molecular weight excluding hydrogens is 356 g/mol. The van der Waals surface area contributed by atoms with E-state index in [4.69, 9.17) is 5.11 Å². The molecule has 0 spiro atoms. The summed E-state index contributed by atoms with van der Waals surface area (Å²) in [5.41, 5.74) is 0.525. The van der Waals surface area contributed by atoms with Gasteiger partial charge < -0.3 is 15.7 Å². The highest BCUT2D eigenvalue weighted by Crippen LogP contribution is 2.21. The number of nitrogens with one attached hydrogen (secondary N) is 2. The Labute approximate surface area is 134 Å². The highest BCUT2D eigenvalue weighted by Gasteiger charge is 2.10. The molecule has 0 unspecified atom stereocenters. The molecule has 5 nitrogen and oxygen atoms in total. The molecule has 0 bridgehead atoms. The van der Waals surface area contributed by atoms with Gasteiger partial charge in [-0.25, -0.2) is 9.59 Å². The van der Waals surface area contributed by atoms with Gasteiger partial charge in [0.15, 0.2) is 0 Å². The van der Waals surface area contributed by atoms with Crippen LogP contribution in [0.25, 0.3) is 0 Å². The van der Waals surface area contributed by atoms with Gasteiger partial charge in [0.05, 0.1) is 12.1 Å². The summed E-state index contributed by atoms with van der Waals surface area (Å²) in [6.07, 6.45) is 0. The first-order valence-electron chi connectivity index (χ1n) is 6.08. The van der Waals surface area contributed by atoms with Crippen molar-refractivity contribution in [2.75, 3.05) is 5.32 Å². The number of carbonyl (C=O) groups is 2. The number of hydrogen-bond donors (Lipinski definition) is 3. The monoisotopic (exact) mass is 368 g/mol. The number of aromatic carboxylic acids is 1. The van der Waals surface area contributed by atoms with Crippen LogP contribution in [0.5, 0.6) is 0 Å². The Morgan fingerprint density at radius 3 is 2.67 bits per heavy atom. The van der Waals surface area contributed by atoms with Crippen LogP contribution in [0.2, 0.25) is 0 Å². The topological polar surface area (TPSA) is 78.4 Å². The fourth-order valence-corrected chi connectivity index (χ4v) is 2.94. The third kappa shape index (κ3) is 4.30. The molecule has 7 heteroatoms. The second-order valence-electron chi connectivity index (χ2n) is 4.32. The summed E-state index contributed by atoms with van der Waals surface area (Å²) in [6, 6.07) is 8.20. The van der Waals surface area contributed by atoms with E-state index < -0.39 is 5.97 Å². The molecule has 110 valence electrons. The van der Waals surface area contributed by atoms with E-state index in [-0.39, 0.29) is 11.6 Å². The molecule has 0 atom stereocenters. The van der Waals surface area contributed by atoms with Crippen LogP contribution >= 0.6 is 27.3 Å². The average molecular weight is 369 g/mol. The fraction of sp³-hybridized carbons (Fsp3) is 0.143. The first kappa shape index (κ1) is 15.5. The summed E-state index contributed by atoms with van der Waals surface area (Å²) in [5.74, 6) is -1.06. The Morgan fingerprint density at radius 1 is 1.29 bits per heavy atom. The minimum Gasteiger partial charge on any atom is -0.478 e. The van der Waals surface area contributed by atoms with E-state index in [1.807, 2.05) is 19.1 Å². The lowest BCUT2D eigenvalue weighted by Gasteiger charge is -2.08. The molecule has 21 heavy (non-hydrogen) atoms. The van der Waals surface area contributed by atoms with Gasteiger partial charge in [-0.2, -0.15) is 0 Å². The summed E-state index contributed by atoms with van der Waals surface area (Å²) in [6.45, 7) is 2.44. The molecule has 2 aromatic rings. The first-order chi connectivity index (χ1) is 9.95. The van der Waals surface area contributed by atoms with Crippen LogP contribution in [0.3, 0.4) is 0 Å². The van der Waals surface area contributed by atoms with Crippen LogP contribution in [0, 0.1) is 6.92 Å². The molecule has 0 aliphatic rings. The van der Waals surface area contributed by atoms with Gasteiger partial charge in [-0.05, 0) is 53.2 Å². The summed E-state index contributed by atoms with van der Waals surface area (Å²) < 4.78 is 0.468. The highest BCUT2D eigenvalue weighted by molar-refractivity contribution is 9.10. The summed E-state index contributed by atoms with van der Waals surface area (Å²) in [7, 11) is 0. The lowest BCUT2D eigenvalue weighted by molar-refractivity contribution is 0.0696. The van der Waals surface area contributed by atoms with Crippen LogP contribution in [0.4, 0.5) is 10.5 Å². The molecule has 1 aromatic carbocycles. The van der Waals surface area contributed by atoms with E-state index in [9.17, 15) is 9.59 Å². The molecule has 0 fully saturated rings. The Bertz CT molecular complexity index is 685. The number of benzene rings is 1. The zero-order valence-electron chi connectivity index (χ0n) is 11.1. The SMILES string of the molecule is Cc1ccc(CNC(=O)Nc2ccc(Br)c(C(=O)O)c2)s1. The second kappa shape index (κ2) is 6.73. The zero-order chi connectivity index (χ0) is 15.4. The number of rotatable bonds is 4. The third-order valence-electron chi connectivity index (χ3n) is 2.67. The molecule has 0 radical (unpaired) electrons. The molecule has 0 aliphatic carbocycles. The van der Waals surface area contributed by atoms with Crippen molar-refractivity contribution in [3.63, 3.8) is 0 Å². The predicted molar refractivity (Wildman–Crippen MR) is 86.0 cm³/mol. The largest absolute Gasteiger partial charge is 0.478 e. The van der Waals surface area contributed by atoms with Crippen molar-refractivity contribution in [1.29, 1.82) is 0 Å². The van der Waals surface area contributed by atoms with Crippen molar-refractivity contribution < 1.29 is 14.7 Å². The Balaban J connectivity index is 1.96. The Kier molecular flexibility index (Phi) is 4.98. The van der Waals surface area contributed by atoms with E-state index in [2.05, 4.69) is 26.6 Å². The van der Waals surface area contributed by atoms with Crippen molar-refractivity contribution in [2.24, 2.45) is 0 Å².